The van der Waals surface area contributed by atoms with Gasteiger partial charge in [-0.25, -0.2) is 0 Å². The first-order valence-corrected chi connectivity index (χ1v) is 5.65. The highest BCUT2D eigenvalue weighted by Gasteiger charge is 2.12. The van der Waals surface area contributed by atoms with Crippen LogP contribution < -0.4 is 5.32 Å². The van der Waals surface area contributed by atoms with Crippen molar-refractivity contribution in [3.05, 3.63) is 34.5 Å². The van der Waals surface area contributed by atoms with E-state index in [4.69, 9.17) is 4.74 Å². The molecule has 0 radical (unpaired) electrons. The molecule has 0 unspecified atom stereocenters. The Morgan fingerprint density at radius 1 is 1.68 bits per heavy atom. The zero-order chi connectivity index (χ0) is 14.3. The Kier molecular flexibility index (Phi) is 5.68. The SMILES string of the molecule is C=C(C)COCCNC(=O)Cn1ccc([N+](=O)[O-])n1. The molecule has 0 aliphatic carbocycles. The number of rotatable bonds is 8. The van der Waals surface area contributed by atoms with Crippen molar-refractivity contribution in [1.29, 1.82) is 0 Å². The average molecular weight is 268 g/mol. The minimum absolute atomic E-state index is 0.0612. The molecule has 0 saturated heterocycles. The van der Waals surface area contributed by atoms with Gasteiger partial charge in [-0.1, -0.05) is 12.2 Å². The zero-order valence-corrected chi connectivity index (χ0v) is 10.7. The number of nitro groups is 1. The molecule has 19 heavy (non-hydrogen) atoms. The lowest BCUT2D eigenvalue weighted by Gasteiger charge is -2.05. The summed E-state index contributed by atoms with van der Waals surface area (Å²) in [6, 6.07) is 1.24. The van der Waals surface area contributed by atoms with E-state index in [-0.39, 0.29) is 18.3 Å². The van der Waals surface area contributed by atoms with Crippen LogP contribution in [0.25, 0.3) is 0 Å². The van der Waals surface area contributed by atoms with Crippen LogP contribution in [0.1, 0.15) is 6.92 Å². The summed E-state index contributed by atoms with van der Waals surface area (Å²) in [6.45, 7) is 6.69. The summed E-state index contributed by atoms with van der Waals surface area (Å²) < 4.78 is 6.42. The Hall–Kier alpha value is -2.22. The van der Waals surface area contributed by atoms with Gasteiger partial charge < -0.3 is 20.2 Å². The molecule has 1 aromatic rings. The number of nitrogens with zero attached hydrogens (tertiary/aromatic N) is 3. The van der Waals surface area contributed by atoms with Crippen molar-refractivity contribution in [2.75, 3.05) is 19.8 Å². The number of hydrogen-bond donors (Lipinski definition) is 1. The van der Waals surface area contributed by atoms with Crippen LogP contribution in [0.4, 0.5) is 5.82 Å². The van der Waals surface area contributed by atoms with E-state index in [0.29, 0.717) is 19.8 Å². The fourth-order valence-electron chi connectivity index (χ4n) is 1.25. The van der Waals surface area contributed by atoms with E-state index >= 15 is 0 Å². The van der Waals surface area contributed by atoms with E-state index in [1.165, 1.54) is 16.9 Å². The highest BCUT2D eigenvalue weighted by Crippen LogP contribution is 2.04. The van der Waals surface area contributed by atoms with Crippen molar-refractivity contribution in [3.63, 3.8) is 0 Å². The summed E-state index contributed by atoms with van der Waals surface area (Å²) >= 11 is 0. The second-order valence-electron chi connectivity index (χ2n) is 3.99. The molecule has 1 heterocycles. The van der Waals surface area contributed by atoms with E-state index in [2.05, 4.69) is 17.0 Å². The number of hydrogen-bond acceptors (Lipinski definition) is 5. The normalized spacial score (nSPS) is 10.2. The Balaban J connectivity index is 2.23. The monoisotopic (exact) mass is 268 g/mol. The average Bonchev–Trinajstić information content (AvgIpc) is 2.76. The quantitative estimate of drug-likeness (QED) is 0.320. The maximum absolute atomic E-state index is 11.5. The van der Waals surface area contributed by atoms with Crippen molar-refractivity contribution < 1.29 is 14.5 Å². The molecule has 1 N–H and O–H groups in total. The minimum atomic E-state index is -0.611. The Bertz CT molecular complexity index is 469. The van der Waals surface area contributed by atoms with Crippen molar-refractivity contribution in [2.24, 2.45) is 0 Å². The Morgan fingerprint density at radius 3 is 3.00 bits per heavy atom. The van der Waals surface area contributed by atoms with Crippen molar-refractivity contribution in [1.82, 2.24) is 15.1 Å². The molecular weight excluding hydrogens is 252 g/mol. The van der Waals surface area contributed by atoms with Gasteiger partial charge in [-0.05, 0) is 11.8 Å². The lowest BCUT2D eigenvalue weighted by molar-refractivity contribution is -0.389. The van der Waals surface area contributed by atoms with Crippen LogP contribution in [0.3, 0.4) is 0 Å². The van der Waals surface area contributed by atoms with E-state index in [1.54, 1.807) is 0 Å². The first kappa shape index (κ1) is 14.8. The van der Waals surface area contributed by atoms with E-state index in [0.717, 1.165) is 5.57 Å². The fourth-order valence-corrected chi connectivity index (χ4v) is 1.25. The van der Waals surface area contributed by atoms with E-state index < -0.39 is 4.92 Å². The van der Waals surface area contributed by atoms with Gasteiger partial charge in [0, 0.05) is 6.54 Å². The molecule has 104 valence electrons. The number of ether oxygens (including phenoxy) is 1. The van der Waals surface area contributed by atoms with Crippen molar-refractivity contribution in [2.45, 2.75) is 13.5 Å². The summed E-state index contributed by atoms with van der Waals surface area (Å²) in [4.78, 5) is 21.3. The van der Waals surface area contributed by atoms with Crippen LogP contribution in [-0.4, -0.2) is 40.4 Å². The minimum Gasteiger partial charge on any atom is -0.375 e. The van der Waals surface area contributed by atoms with Crippen LogP contribution in [0.2, 0.25) is 0 Å². The first-order valence-electron chi connectivity index (χ1n) is 5.65. The van der Waals surface area contributed by atoms with Crippen LogP contribution in [0.5, 0.6) is 0 Å². The van der Waals surface area contributed by atoms with Gasteiger partial charge in [-0.3, -0.25) is 4.79 Å². The van der Waals surface area contributed by atoms with Gasteiger partial charge >= 0.3 is 5.82 Å². The highest BCUT2D eigenvalue weighted by molar-refractivity contribution is 5.75. The summed E-state index contributed by atoms with van der Waals surface area (Å²) in [5.41, 5.74) is 0.912. The predicted octanol–water partition coefficient (Wildman–Crippen LogP) is 0.500. The van der Waals surface area contributed by atoms with E-state index in [9.17, 15) is 14.9 Å². The van der Waals surface area contributed by atoms with Crippen LogP contribution in [-0.2, 0) is 16.1 Å². The standard InChI is InChI=1S/C11H16N4O4/c1-9(2)8-19-6-4-12-11(16)7-14-5-3-10(13-14)15(17)18/h3,5H,1,4,6-8H2,2H3,(H,12,16). The smallest absolute Gasteiger partial charge is 0.375 e. The van der Waals surface area contributed by atoms with E-state index in [1.807, 2.05) is 6.92 Å². The topological polar surface area (TPSA) is 99.3 Å². The molecule has 0 atom stereocenters. The molecule has 0 aliphatic heterocycles. The summed E-state index contributed by atoms with van der Waals surface area (Å²) in [7, 11) is 0. The van der Waals surface area contributed by atoms with Gasteiger partial charge in [0.05, 0.1) is 30.6 Å². The number of aromatic nitrogens is 2. The lowest BCUT2D eigenvalue weighted by atomic mass is 10.4. The summed E-state index contributed by atoms with van der Waals surface area (Å²) in [6.07, 6.45) is 1.38. The Labute approximate surface area is 110 Å². The Morgan fingerprint density at radius 2 is 2.42 bits per heavy atom. The maximum atomic E-state index is 11.5. The third kappa shape index (κ3) is 5.77. The summed E-state index contributed by atoms with van der Waals surface area (Å²) in [5.74, 6) is -0.561. The number of carbonyl (C=O) groups is 1. The molecule has 1 rings (SSSR count). The number of amides is 1. The lowest BCUT2D eigenvalue weighted by Crippen LogP contribution is -2.30. The molecule has 1 aromatic heterocycles. The molecule has 0 aromatic carbocycles. The molecule has 1 amide bonds. The van der Waals surface area contributed by atoms with Crippen LogP contribution >= 0.6 is 0 Å². The predicted molar refractivity (Wildman–Crippen MR) is 67.5 cm³/mol. The van der Waals surface area contributed by atoms with Crippen LogP contribution in [0.15, 0.2) is 24.4 Å². The first-order chi connectivity index (χ1) is 8.99. The number of carbonyl (C=O) groups excluding carboxylic acids is 1. The van der Waals surface area contributed by atoms with Gasteiger partial charge in [-0.2, -0.15) is 4.68 Å². The third-order valence-electron chi connectivity index (χ3n) is 2.04. The molecule has 8 heteroatoms. The van der Waals surface area contributed by atoms with Gasteiger partial charge in [0.15, 0.2) is 0 Å². The zero-order valence-electron chi connectivity index (χ0n) is 10.7. The second kappa shape index (κ2) is 7.27. The van der Waals surface area contributed by atoms with Crippen LogP contribution in [0, 0.1) is 10.1 Å². The molecule has 0 aliphatic rings. The molecule has 0 saturated carbocycles. The fraction of sp³-hybridized carbons (Fsp3) is 0.455. The highest BCUT2D eigenvalue weighted by atomic mass is 16.6. The molecule has 0 bridgehead atoms. The van der Waals surface area contributed by atoms with Gasteiger partial charge in [0.25, 0.3) is 0 Å². The largest absolute Gasteiger partial charge is 0.389 e. The van der Waals surface area contributed by atoms with Gasteiger partial charge in [0.1, 0.15) is 6.54 Å². The summed E-state index contributed by atoms with van der Waals surface area (Å²) in [5, 5.41) is 16.7. The van der Waals surface area contributed by atoms with Crippen molar-refractivity contribution in [3.8, 4) is 0 Å². The number of nitrogens with one attached hydrogen (secondary N) is 1. The second-order valence-corrected chi connectivity index (χ2v) is 3.99. The molecule has 8 nitrogen and oxygen atoms in total. The van der Waals surface area contributed by atoms with Crippen molar-refractivity contribution >= 4 is 11.7 Å². The maximum Gasteiger partial charge on any atom is 0.389 e. The molecule has 0 fully saturated rings. The molecule has 0 spiro atoms. The van der Waals surface area contributed by atoms with Gasteiger partial charge in [-0.15, -0.1) is 0 Å². The van der Waals surface area contributed by atoms with Gasteiger partial charge in [0.2, 0.25) is 5.91 Å². The third-order valence-corrected chi connectivity index (χ3v) is 2.04. The molecular formula is C11H16N4O4.